The van der Waals surface area contributed by atoms with Crippen LogP contribution in [0.15, 0.2) is 18.2 Å². The van der Waals surface area contributed by atoms with E-state index in [-0.39, 0.29) is 5.38 Å². The first-order valence-electron chi connectivity index (χ1n) is 4.71. The van der Waals surface area contributed by atoms with Crippen molar-refractivity contribution >= 4 is 11.6 Å². The molecule has 1 aliphatic heterocycles. The molecule has 1 nitrogen and oxygen atoms in total. The lowest BCUT2D eigenvalue weighted by molar-refractivity contribution is 0.357. The van der Waals surface area contributed by atoms with Gasteiger partial charge in [0.25, 0.3) is 0 Å². The van der Waals surface area contributed by atoms with Crippen molar-refractivity contribution in [3.63, 3.8) is 0 Å². The van der Waals surface area contributed by atoms with Crippen molar-refractivity contribution in [2.24, 2.45) is 0 Å². The topological polar surface area (TPSA) is 9.23 Å². The highest BCUT2D eigenvalue weighted by molar-refractivity contribution is 6.20. The van der Waals surface area contributed by atoms with E-state index in [0.717, 1.165) is 25.2 Å². The van der Waals surface area contributed by atoms with Crippen LogP contribution in [0.25, 0.3) is 0 Å². The van der Waals surface area contributed by atoms with Gasteiger partial charge >= 0.3 is 0 Å². The fraction of sp³-hybridized carbons (Fsp3) is 0.455. The molecule has 13 heavy (non-hydrogen) atoms. The van der Waals surface area contributed by atoms with E-state index in [1.165, 1.54) is 11.1 Å². The largest absolute Gasteiger partial charge is 0.493 e. The van der Waals surface area contributed by atoms with Crippen LogP contribution in [0.3, 0.4) is 0 Å². The summed E-state index contributed by atoms with van der Waals surface area (Å²) in [5.41, 5.74) is 2.52. The van der Waals surface area contributed by atoms with Gasteiger partial charge in [-0.05, 0) is 23.6 Å². The van der Waals surface area contributed by atoms with E-state index in [1.807, 2.05) is 6.07 Å². The number of rotatable bonds is 2. The average Bonchev–Trinajstić information content (AvgIpc) is 2.63. The number of alkyl halides is 1. The highest BCUT2D eigenvalue weighted by atomic mass is 35.5. The van der Waals surface area contributed by atoms with E-state index in [9.17, 15) is 0 Å². The molecule has 2 rings (SSSR count). The Hall–Kier alpha value is -0.690. The van der Waals surface area contributed by atoms with Crippen LogP contribution >= 0.6 is 11.6 Å². The number of benzene rings is 1. The van der Waals surface area contributed by atoms with Gasteiger partial charge in [-0.25, -0.2) is 0 Å². The molecule has 0 fully saturated rings. The number of hydrogen-bond donors (Lipinski definition) is 0. The summed E-state index contributed by atoms with van der Waals surface area (Å²) in [5.74, 6) is 1.03. The fourth-order valence-electron chi connectivity index (χ4n) is 1.64. The van der Waals surface area contributed by atoms with Crippen LogP contribution in [0.5, 0.6) is 5.75 Å². The van der Waals surface area contributed by atoms with Crippen LogP contribution in [-0.2, 0) is 6.42 Å². The Morgan fingerprint density at radius 1 is 1.54 bits per heavy atom. The van der Waals surface area contributed by atoms with Gasteiger partial charge in [0.05, 0.1) is 12.0 Å². The SMILES string of the molecule is CCC(Cl)c1ccc2c(c1)CCO2. The minimum atomic E-state index is 0.144. The number of ether oxygens (including phenoxy) is 1. The van der Waals surface area contributed by atoms with Crippen LogP contribution < -0.4 is 4.74 Å². The summed E-state index contributed by atoms with van der Waals surface area (Å²) in [6.45, 7) is 2.92. The van der Waals surface area contributed by atoms with Gasteiger partial charge in [0.2, 0.25) is 0 Å². The van der Waals surface area contributed by atoms with Gasteiger partial charge < -0.3 is 4.74 Å². The van der Waals surface area contributed by atoms with Gasteiger partial charge in [-0.1, -0.05) is 19.1 Å². The van der Waals surface area contributed by atoms with Gasteiger partial charge in [-0.15, -0.1) is 11.6 Å². The minimum Gasteiger partial charge on any atom is -0.493 e. The molecule has 0 bridgehead atoms. The van der Waals surface area contributed by atoms with Crippen molar-refractivity contribution in [2.45, 2.75) is 25.1 Å². The third-order valence-electron chi connectivity index (χ3n) is 2.43. The maximum atomic E-state index is 6.15. The molecule has 0 radical (unpaired) electrons. The van der Waals surface area contributed by atoms with Gasteiger partial charge in [0.15, 0.2) is 0 Å². The quantitative estimate of drug-likeness (QED) is 0.660. The molecule has 0 N–H and O–H groups in total. The van der Waals surface area contributed by atoms with Crippen molar-refractivity contribution in [1.29, 1.82) is 0 Å². The Morgan fingerprint density at radius 3 is 3.15 bits per heavy atom. The van der Waals surface area contributed by atoms with Crippen molar-refractivity contribution in [3.8, 4) is 5.75 Å². The Kier molecular flexibility index (Phi) is 2.45. The van der Waals surface area contributed by atoms with Crippen molar-refractivity contribution < 1.29 is 4.74 Å². The summed E-state index contributed by atoms with van der Waals surface area (Å²) < 4.78 is 5.42. The average molecular weight is 197 g/mol. The van der Waals surface area contributed by atoms with Crippen molar-refractivity contribution in [2.75, 3.05) is 6.61 Å². The molecule has 1 aromatic rings. The summed E-state index contributed by atoms with van der Waals surface area (Å²) in [6.07, 6.45) is 2.00. The first kappa shape index (κ1) is 8.89. The lowest BCUT2D eigenvalue weighted by Gasteiger charge is -2.07. The van der Waals surface area contributed by atoms with E-state index in [1.54, 1.807) is 0 Å². The van der Waals surface area contributed by atoms with Crippen molar-refractivity contribution in [1.82, 2.24) is 0 Å². The molecule has 0 amide bonds. The molecule has 0 saturated carbocycles. The van der Waals surface area contributed by atoms with Gasteiger partial charge in [-0.3, -0.25) is 0 Å². The summed E-state index contributed by atoms with van der Waals surface area (Å²) in [4.78, 5) is 0. The van der Waals surface area contributed by atoms with Crippen LogP contribution in [0, 0.1) is 0 Å². The predicted octanol–water partition coefficient (Wildman–Crippen LogP) is 3.31. The second-order valence-electron chi connectivity index (χ2n) is 3.34. The lowest BCUT2D eigenvalue weighted by atomic mass is 10.1. The molecule has 70 valence electrons. The van der Waals surface area contributed by atoms with Crippen molar-refractivity contribution in [3.05, 3.63) is 29.3 Å². The van der Waals surface area contributed by atoms with Crippen LogP contribution in [0.4, 0.5) is 0 Å². The number of halogens is 1. The zero-order valence-electron chi connectivity index (χ0n) is 7.72. The molecule has 0 spiro atoms. The van der Waals surface area contributed by atoms with Crippen LogP contribution in [0.1, 0.15) is 29.8 Å². The highest BCUT2D eigenvalue weighted by Gasteiger charge is 2.14. The zero-order valence-corrected chi connectivity index (χ0v) is 8.47. The summed E-state index contributed by atoms with van der Waals surface area (Å²) in [7, 11) is 0. The van der Waals surface area contributed by atoms with E-state index < -0.39 is 0 Å². The molecule has 0 aliphatic carbocycles. The molecule has 0 saturated heterocycles. The molecular formula is C11H13ClO. The summed E-state index contributed by atoms with van der Waals surface area (Å²) >= 11 is 6.15. The van der Waals surface area contributed by atoms with Gasteiger partial charge in [0.1, 0.15) is 5.75 Å². The zero-order chi connectivity index (χ0) is 9.26. The first-order chi connectivity index (χ1) is 6.31. The molecule has 2 heteroatoms. The molecule has 1 atom stereocenters. The van der Waals surface area contributed by atoms with E-state index in [0.29, 0.717) is 0 Å². The maximum absolute atomic E-state index is 6.15. The second-order valence-corrected chi connectivity index (χ2v) is 3.87. The fourth-order valence-corrected chi connectivity index (χ4v) is 1.77. The third kappa shape index (κ3) is 1.66. The third-order valence-corrected chi connectivity index (χ3v) is 2.99. The number of hydrogen-bond acceptors (Lipinski definition) is 1. The van der Waals surface area contributed by atoms with E-state index >= 15 is 0 Å². The van der Waals surface area contributed by atoms with Crippen LogP contribution in [-0.4, -0.2) is 6.61 Å². The molecule has 0 aromatic heterocycles. The summed E-state index contributed by atoms with van der Waals surface area (Å²) in [5, 5.41) is 0.144. The lowest BCUT2D eigenvalue weighted by Crippen LogP contribution is -1.89. The smallest absolute Gasteiger partial charge is 0.122 e. The molecule has 1 unspecified atom stereocenters. The normalized spacial score (nSPS) is 16.5. The Balaban J connectivity index is 2.30. The maximum Gasteiger partial charge on any atom is 0.122 e. The molecular weight excluding hydrogens is 184 g/mol. The Morgan fingerprint density at radius 2 is 2.38 bits per heavy atom. The standard InChI is InChI=1S/C11H13ClO/c1-2-10(12)8-3-4-11-9(7-8)5-6-13-11/h3-4,7,10H,2,5-6H2,1H3. The first-order valence-corrected chi connectivity index (χ1v) is 5.14. The molecule has 1 aliphatic rings. The molecule has 1 aromatic carbocycles. The highest BCUT2D eigenvalue weighted by Crippen LogP contribution is 2.31. The minimum absolute atomic E-state index is 0.144. The predicted molar refractivity (Wildman–Crippen MR) is 54.5 cm³/mol. The van der Waals surface area contributed by atoms with Gasteiger partial charge in [-0.2, -0.15) is 0 Å². The van der Waals surface area contributed by atoms with E-state index in [2.05, 4.69) is 19.1 Å². The monoisotopic (exact) mass is 196 g/mol. The summed E-state index contributed by atoms with van der Waals surface area (Å²) in [6, 6.07) is 6.26. The Labute approximate surface area is 83.7 Å². The second kappa shape index (κ2) is 3.59. The van der Waals surface area contributed by atoms with Crippen LogP contribution in [0.2, 0.25) is 0 Å². The molecule has 1 heterocycles. The number of fused-ring (bicyclic) bond motifs is 1. The Bertz CT molecular complexity index is 309. The van der Waals surface area contributed by atoms with Gasteiger partial charge in [0, 0.05) is 6.42 Å². The van der Waals surface area contributed by atoms with E-state index in [4.69, 9.17) is 16.3 Å².